The predicted molar refractivity (Wildman–Crippen MR) is 84.1 cm³/mol. The molecule has 0 fully saturated rings. The van der Waals surface area contributed by atoms with E-state index in [1.54, 1.807) is 17.8 Å². The van der Waals surface area contributed by atoms with E-state index < -0.39 is 0 Å². The van der Waals surface area contributed by atoms with Gasteiger partial charge >= 0.3 is 0 Å². The fourth-order valence-corrected chi connectivity index (χ4v) is 3.14. The average Bonchev–Trinajstić information content (AvgIpc) is 2.43. The predicted octanol–water partition coefficient (Wildman–Crippen LogP) is 5.30. The van der Waals surface area contributed by atoms with E-state index in [1.165, 1.54) is 6.07 Å². The van der Waals surface area contributed by atoms with Crippen LogP contribution in [0.25, 0.3) is 0 Å². The van der Waals surface area contributed by atoms with Gasteiger partial charge in [-0.3, -0.25) is 0 Å². The zero-order chi connectivity index (χ0) is 14.5. The second-order valence-corrected chi connectivity index (χ2v) is 6.07. The van der Waals surface area contributed by atoms with Gasteiger partial charge in [-0.05, 0) is 61.5 Å². The summed E-state index contributed by atoms with van der Waals surface area (Å²) in [4.78, 5) is 2.15. The summed E-state index contributed by atoms with van der Waals surface area (Å²) in [5.74, 6) is -0.204. The summed E-state index contributed by atoms with van der Waals surface area (Å²) in [5, 5.41) is 4.04. The molecule has 0 aliphatic carbocycles. The summed E-state index contributed by atoms with van der Waals surface area (Å²) in [5.41, 5.74) is 0.979. The van der Waals surface area contributed by atoms with Crippen molar-refractivity contribution < 1.29 is 4.39 Å². The number of benzene rings is 2. The number of halogens is 2. The van der Waals surface area contributed by atoms with Gasteiger partial charge < -0.3 is 5.32 Å². The molecule has 2 rings (SSSR count). The topological polar surface area (TPSA) is 12.0 Å². The van der Waals surface area contributed by atoms with Crippen molar-refractivity contribution >= 4 is 23.4 Å². The van der Waals surface area contributed by atoms with E-state index in [-0.39, 0.29) is 11.9 Å². The Morgan fingerprint density at radius 2 is 1.90 bits per heavy atom. The third kappa shape index (κ3) is 3.98. The van der Waals surface area contributed by atoms with Crippen LogP contribution in [0, 0.1) is 5.82 Å². The van der Waals surface area contributed by atoms with Crippen molar-refractivity contribution in [3.63, 3.8) is 0 Å². The Kier molecular flexibility index (Phi) is 5.46. The van der Waals surface area contributed by atoms with E-state index in [9.17, 15) is 4.39 Å². The summed E-state index contributed by atoms with van der Waals surface area (Å²) in [6, 6.07) is 12.7. The first-order chi connectivity index (χ1) is 9.60. The van der Waals surface area contributed by atoms with Crippen molar-refractivity contribution in [3.05, 3.63) is 58.9 Å². The molecule has 0 radical (unpaired) electrons. The van der Waals surface area contributed by atoms with E-state index in [4.69, 9.17) is 11.6 Å². The summed E-state index contributed by atoms with van der Waals surface area (Å²) < 4.78 is 13.5. The molecule has 0 saturated carbocycles. The molecule has 0 heterocycles. The summed E-state index contributed by atoms with van der Waals surface area (Å²) in [6.07, 6.45) is 0. The minimum Gasteiger partial charge on any atom is -0.310 e. The first-order valence-corrected chi connectivity index (χ1v) is 7.76. The minimum atomic E-state index is -0.204. The van der Waals surface area contributed by atoms with Crippen LogP contribution >= 0.6 is 23.4 Å². The quantitative estimate of drug-likeness (QED) is 0.804. The molecule has 1 N–H and O–H groups in total. The van der Waals surface area contributed by atoms with Crippen LogP contribution in [-0.4, -0.2) is 6.54 Å². The molecule has 106 valence electrons. The molecule has 0 aliphatic heterocycles. The largest absolute Gasteiger partial charge is 0.310 e. The van der Waals surface area contributed by atoms with Crippen molar-refractivity contribution in [2.45, 2.75) is 29.7 Å². The second-order valence-electron chi connectivity index (χ2n) is 4.52. The van der Waals surface area contributed by atoms with Gasteiger partial charge in [-0.2, -0.15) is 0 Å². The zero-order valence-electron chi connectivity index (χ0n) is 11.5. The summed E-state index contributed by atoms with van der Waals surface area (Å²) in [6.45, 7) is 4.94. The molecule has 2 aromatic rings. The van der Waals surface area contributed by atoms with Gasteiger partial charge in [0.2, 0.25) is 0 Å². The Morgan fingerprint density at radius 3 is 2.55 bits per heavy atom. The number of hydrogen-bond donors (Lipinski definition) is 1. The van der Waals surface area contributed by atoms with Gasteiger partial charge in [-0.1, -0.05) is 30.3 Å². The van der Waals surface area contributed by atoms with Crippen LogP contribution in [0.1, 0.15) is 25.5 Å². The molecule has 4 heteroatoms. The molecule has 0 bridgehead atoms. The lowest BCUT2D eigenvalue weighted by atomic mass is 10.1. The van der Waals surface area contributed by atoms with Crippen LogP contribution in [-0.2, 0) is 0 Å². The van der Waals surface area contributed by atoms with Gasteiger partial charge in [0.1, 0.15) is 5.82 Å². The van der Waals surface area contributed by atoms with Gasteiger partial charge in [0, 0.05) is 20.9 Å². The highest BCUT2D eigenvalue weighted by atomic mass is 35.5. The summed E-state index contributed by atoms with van der Waals surface area (Å²) in [7, 11) is 0. The molecule has 0 amide bonds. The van der Waals surface area contributed by atoms with Crippen LogP contribution in [0.5, 0.6) is 0 Å². The number of hydrogen-bond acceptors (Lipinski definition) is 2. The average molecular weight is 310 g/mol. The minimum absolute atomic E-state index is 0.116. The van der Waals surface area contributed by atoms with Gasteiger partial charge in [-0.15, -0.1) is 0 Å². The lowest BCUT2D eigenvalue weighted by Crippen LogP contribution is -2.18. The van der Waals surface area contributed by atoms with Crippen LogP contribution in [0.4, 0.5) is 4.39 Å². The fourth-order valence-electron chi connectivity index (χ4n) is 2.00. The first kappa shape index (κ1) is 15.4. The van der Waals surface area contributed by atoms with Gasteiger partial charge in [-0.25, -0.2) is 4.39 Å². The first-order valence-electron chi connectivity index (χ1n) is 6.56. The smallest absolute Gasteiger partial charge is 0.123 e. The maximum atomic E-state index is 13.5. The van der Waals surface area contributed by atoms with Crippen LogP contribution < -0.4 is 5.32 Å². The van der Waals surface area contributed by atoms with E-state index in [0.29, 0.717) is 0 Å². The molecule has 20 heavy (non-hydrogen) atoms. The number of nitrogens with one attached hydrogen (secondary N) is 1. The van der Waals surface area contributed by atoms with E-state index in [0.717, 1.165) is 26.9 Å². The Morgan fingerprint density at radius 1 is 1.20 bits per heavy atom. The molecule has 0 aromatic heterocycles. The van der Waals surface area contributed by atoms with Crippen molar-refractivity contribution in [3.8, 4) is 0 Å². The molecule has 1 unspecified atom stereocenters. The Hall–Kier alpha value is -1.03. The standard InChI is InChI=1S/C16H17ClFNS/c1-3-19-11(2)15-10-13(18)6-9-16(15)20-14-7-4-12(17)5-8-14/h4-11,19H,3H2,1-2H3. The van der Waals surface area contributed by atoms with Crippen molar-refractivity contribution in [1.29, 1.82) is 0 Å². The van der Waals surface area contributed by atoms with Crippen LogP contribution in [0.2, 0.25) is 5.02 Å². The third-order valence-electron chi connectivity index (χ3n) is 2.99. The van der Waals surface area contributed by atoms with Crippen LogP contribution in [0.15, 0.2) is 52.3 Å². The van der Waals surface area contributed by atoms with Crippen molar-refractivity contribution in [2.75, 3.05) is 6.54 Å². The van der Waals surface area contributed by atoms with Crippen molar-refractivity contribution in [1.82, 2.24) is 5.32 Å². The van der Waals surface area contributed by atoms with E-state index in [1.807, 2.05) is 44.2 Å². The maximum Gasteiger partial charge on any atom is 0.123 e. The zero-order valence-corrected chi connectivity index (χ0v) is 13.1. The van der Waals surface area contributed by atoms with Gasteiger partial charge in [0.25, 0.3) is 0 Å². The molecule has 0 aliphatic rings. The molecule has 0 saturated heterocycles. The third-order valence-corrected chi connectivity index (χ3v) is 4.34. The normalized spacial score (nSPS) is 12.4. The molecule has 1 atom stereocenters. The Bertz CT molecular complexity index is 571. The Labute approximate surface area is 128 Å². The van der Waals surface area contributed by atoms with Gasteiger partial charge in [0.05, 0.1) is 0 Å². The SMILES string of the molecule is CCNC(C)c1cc(F)ccc1Sc1ccc(Cl)cc1. The van der Waals surface area contributed by atoms with Crippen LogP contribution in [0.3, 0.4) is 0 Å². The lowest BCUT2D eigenvalue weighted by molar-refractivity contribution is 0.574. The van der Waals surface area contributed by atoms with Gasteiger partial charge in [0.15, 0.2) is 0 Å². The molecule has 1 nitrogen and oxygen atoms in total. The number of rotatable bonds is 5. The van der Waals surface area contributed by atoms with E-state index >= 15 is 0 Å². The fraction of sp³-hybridized carbons (Fsp3) is 0.250. The monoisotopic (exact) mass is 309 g/mol. The molecule has 2 aromatic carbocycles. The lowest BCUT2D eigenvalue weighted by Gasteiger charge is -2.17. The molecule has 0 spiro atoms. The second kappa shape index (κ2) is 7.11. The maximum absolute atomic E-state index is 13.5. The Balaban J connectivity index is 2.28. The highest BCUT2D eigenvalue weighted by Gasteiger charge is 2.12. The molecular formula is C16H17ClFNS. The summed E-state index contributed by atoms with van der Waals surface area (Å²) >= 11 is 7.51. The highest BCUT2D eigenvalue weighted by molar-refractivity contribution is 7.99. The van der Waals surface area contributed by atoms with E-state index in [2.05, 4.69) is 5.32 Å². The van der Waals surface area contributed by atoms with Crippen molar-refractivity contribution in [2.24, 2.45) is 0 Å². The molecular weight excluding hydrogens is 293 g/mol. The highest BCUT2D eigenvalue weighted by Crippen LogP contribution is 2.34.